The minimum Gasteiger partial charge on any atom is -0.352 e. The van der Waals surface area contributed by atoms with Crippen LogP contribution < -0.4 is 10.0 Å². The molecule has 27 heavy (non-hydrogen) atoms. The van der Waals surface area contributed by atoms with E-state index < -0.39 is 10.0 Å². The number of rotatable bonds is 10. The van der Waals surface area contributed by atoms with Crippen LogP contribution in [0.25, 0.3) is 0 Å². The second-order valence-corrected chi connectivity index (χ2v) is 8.31. The van der Waals surface area contributed by atoms with Crippen LogP contribution in [0.4, 0.5) is 5.69 Å². The molecule has 2 N–H and O–H groups in total. The molecule has 0 heterocycles. The number of carbonyl (C=O) groups excluding carboxylic acids is 1. The molecular formula is C21H28N2O3S. The van der Waals surface area contributed by atoms with Crippen molar-refractivity contribution in [3.05, 3.63) is 60.2 Å². The third-order valence-electron chi connectivity index (χ3n) is 4.53. The number of anilines is 1. The normalized spacial score (nSPS) is 12.4. The number of amides is 1. The molecule has 1 atom stereocenters. The Balaban J connectivity index is 2.03. The average Bonchev–Trinajstić information content (AvgIpc) is 2.68. The van der Waals surface area contributed by atoms with Gasteiger partial charge in [-0.3, -0.25) is 9.52 Å². The van der Waals surface area contributed by atoms with Gasteiger partial charge >= 0.3 is 0 Å². The van der Waals surface area contributed by atoms with Gasteiger partial charge in [-0.05, 0) is 42.7 Å². The van der Waals surface area contributed by atoms with Crippen LogP contribution in [0.1, 0.15) is 49.9 Å². The molecule has 0 radical (unpaired) electrons. The number of unbranched alkanes of at least 4 members (excludes halogenated alkanes) is 1. The van der Waals surface area contributed by atoms with Gasteiger partial charge in [0.2, 0.25) is 0 Å². The summed E-state index contributed by atoms with van der Waals surface area (Å²) in [6, 6.07) is 14.7. The van der Waals surface area contributed by atoms with Crippen LogP contribution in [-0.4, -0.2) is 20.9 Å². The molecule has 0 fully saturated rings. The lowest BCUT2D eigenvalue weighted by Crippen LogP contribution is -2.29. The third kappa shape index (κ3) is 6.40. The first kappa shape index (κ1) is 21.0. The first-order valence-corrected chi connectivity index (χ1v) is 10.9. The van der Waals surface area contributed by atoms with E-state index in [0.29, 0.717) is 23.7 Å². The zero-order valence-corrected chi connectivity index (χ0v) is 16.8. The van der Waals surface area contributed by atoms with E-state index in [2.05, 4.69) is 23.9 Å². The quantitative estimate of drug-likeness (QED) is 0.632. The number of sulfonamides is 1. The zero-order chi connectivity index (χ0) is 19.7. The number of hydrogen-bond donors (Lipinski definition) is 2. The molecule has 0 aliphatic rings. The highest BCUT2D eigenvalue weighted by Gasteiger charge is 2.15. The van der Waals surface area contributed by atoms with Crippen LogP contribution in [0.2, 0.25) is 0 Å². The molecule has 0 saturated heterocycles. The fourth-order valence-corrected chi connectivity index (χ4v) is 3.89. The van der Waals surface area contributed by atoms with Crippen LogP contribution in [-0.2, 0) is 10.0 Å². The highest BCUT2D eigenvalue weighted by Crippen LogP contribution is 2.17. The maximum atomic E-state index is 12.4. The number of carbonyl (C=O) groups is 1. The molecule has 1 amide bonds. The van der Waals surface area contributed by atoms with Gasteiger partial charge in [-0.2, -0.15) is 0 Å². The molecule has 0 bridgehead atoms. The van der Waals surface area contributed by atoms with Gasteiger partial charge in [0, 0.05) is 17.8 Å². The first-order chi connectivity index (χ1) is 13.0. The van der Waals surface area contributed by atoms with Gasteiger partial charge in [0.15, 0.2) is 0 Å². The average molecular weight is 389 g/mol. The van der Waals surface area contributed by atoms with E-state index in [1.807, 2.05) is 0 Å². The van der Waals surface area contributed by atoms with Crippen LogP contribution in [0.15, 0.2) is 59.5 Å². The summed E-state index contributed by atoms with van der Waals surface area (Å²) in [5.41, 5.74) is 0.804. The second kappa shape index (κ2) is 10.1. The Morgan fingerprint density at radius 3 is 2.44 bits per heavy atom. The summed E-state index contributed by atoms with van der Waals surface area (Å²) in [6.45, 7) is 4.92. The van der Waals surface area contributed by atoms with Crippen molar-refractivity contribution >= 4 is 21.6 Å². The molecule has 2 aromatic rings. The summed E-state index contributed by atoms with van der Waals surface area (Å²) >= 11 is 0. The molecule has 146 valence electrons. The van der Waals surface area contributed by atoms with Crippen molar-refractivity contribution in [1.82, 2.24) is 5.32 Å². The van der Waals surface area contributed by atoms with Crippen molar-refractivity contribution < 1.29 is 13.2 Å². The van der Waals surface area contributed by atoms with Gasteiger partial charge in [-0.25, -0.2) is 8.42 Å². The molecule has 2 aromatic carbocycles. The maximum absolute atomic E-state index is 12.4. The van der Waals surface area contributed by atoms with E-state index >= 15 is 0 Å². The number of hydrogen-bond acceptors (Lipinski definition) is 3. The summed E-state index contributed by atoms with van der Waals surface area (Å²) in [4.78, 5) is 12.6. The van der Waals surface area contributed by atoms with E-state index in [4.69, 9.17) is 0 Å². The van der Waals surface area contributed by atoms with E-state index in [9.17, 15) is 13.2 Å². The van der Waals surface area contributed by atoms with Crippen LogP contribution >= 0.6 is 0 Å². The predicted octanol–water partition coefficient (Wildman–Crippen LogP) is 4.43. The van der Waals surface area contributed by atoms with Gasteiger partial charge in [-0.15, -0.1) is 0 Å². The Bertz CT molecular complexity index is 836. The minimum atomic E-state index is -3.68. The van der Waals surface area contributed by atoms with E-state index in [0.717, 1.165) is 25.7 Å². The van der Waals surface area contributed by atoms with Crippen molar-refractivity contribution in [2.24, 2.45) is 5.92 Å². The van der Waals surface area contributed by atoms with Gasteiger partial charge in [0.25, 0.3) is 15.9 Å². The van der Waals surface area contributed by atoms with Gasteiger partial charge in [-0.1, -0.05) is 57.4 Å². The second-order valence-electron chi connectivity index (χ2n) is 6.63. The summed E-state index contributed by atoms with van der Waals surface area (Å²) < 4.78 is 27.4. The maximum Gasteiger partial charge on any atom is 0.261 e. The standard InChI is InChI=1S/C21H28N2O3S/c1-3-5-10-17(4-2)16-22-21(24)18-11-9-12-19(15-18)23-27(25,26)20-13-7-6-8-14-20/h6-9,11-15,17,23H,3-5,10,16H2,1-2H3,(H,22,24). The lowest BCUT2D eigenvalue weighted by molar-refractivity contribution is 0.0946. The molecule has 0 saturated carbocycles. The third-order valence-corrected chi connectivity index (χ3v) is 5.92. The SMILES string of the molecule is CCCCC(CC)CNC(=O)c1cccc(NS(=O)(=O)c2ccccc2)c1. The minimum absolute atomic E-state index is 0.182. The monoisotopic (exact) mass is 388 g/mol. The lowest BCUT2D eigenvalue weighted by Gasteiger charge is -2.15. The van der Waals surface area contributed by atoms with Gasteiger partial charge in [0.1, 0.15) is 0 Å². The molecule has 0 aromatic heterocycles. The Labute approximate surface area is 162 Å². The smallest absolute Gasteiger partial charge is 0.261 e. The van der Waals surface area contributed by atoms with Crippen LogP contribution in [0.3, 0.4) is 0 Å². The van der Waals surface area contributed by atoms with Crippen molar-refractivity contribution in [3.8, 4) is 0 Å². The number of benzene rings is 2. The summed E-state index contributed by atoms with van der Waals surface area (Å²) in [6.07, 6.45) is 4.43. The lowest BCUT2D eigenvalue weighted by atomic mass is 9.99. The fourth-order valence-electron chi connectivity index (χ4n) is 2.82. The van der Waals surface area contributed by atoms with Crippen molar-refractivity contribution in [2.45, 2.75) is 44.4 Å². The van der Waals surface area contributed by atoms with Crippen molar-refractivity contribution in [1.29, 1.82) is 0 Å². The Morgan fingerprint density at radius 2 is 1.78 bits per heavy atom. The molecule has 5 nitrogen and oxygen atoms in total. The zero-order valence-electron chi connectivity index (χ0n) is 15.9. The topological polar surface area (TPSA) is 75.3 Å². The first-order valence-electron chi connectivity index (χ1n) is 9.42. The van der Waals surface area contributed by atoms with Crippen molar-refractivity contribution in [3.63, 3.8) is 0 Å². The Morgan fingerprint density at radius 1 is 1.04 bits per heavy atom. The Kier molecular flexibility index (Phi) is 7.85. The van der Waals surface area contributed by atoms with E-state index in [1.165, 1.54) is 12.1 Å². The molecule has 0 aliphatic carbocycles. The molecule has 0 aliphatic heterocycles. The molecular weight excluding hydrogens is 360 g/mol. The molecule has 6 heteroatoms. The highest BCUT2D eigenvalue weighted by molar-refractivity contribution is 7.92. The molecule has 0 spiro atoms. The van der Waals surface area contributed by atoms with E-state index in [1.54, 1.807) is 42.5 Å². The fraction of sp³-hybridized carbons (Fsp3) is 0.381. The summed E-state index contributed by atoms with van der Waals surface area (Å²) in [5.74, 6) is 0.277. The van der Waals surface area contributed by atoms with Crippen LogP contribution in [0.5, 0.6) is 0 Å². The predicted molar refractivity (Wildman–Crippen MR) is 109 cm³/mol. The Hall–Kier alpha value is -2.34. The largest absolute Gasteiger partial charge is 0.352 e. The molecule has 1 unspecified atom stereocenters. The van der Waals surface area contributed by atoms with Gasteiger partial charge in [0.05, 0.1) is 4.90 Å². The summed E-state index contributed by atoms with van der Waals surface area (Å²) in [5, 5.41) is 2.96. The van der Waals surface area contributed by atoms with Crippen LogP contribution in [0, 0.1) is 5.92 Å². The van der Waals surface area contributed by atoms with Crippen molar-refractivity contribution in [2.75, 3.05) is 11.3 Å². The van der Waals surface area contributed by atoms with E-state index in [-0.39, 0.29) is 10.8 Å². The molecule has 2 rings (SSSR count). The number of nitrogens with one attached hydrogen (secondary N) is 2. The highest BCUT2D eigenvalue weighted by atomic mass is 32.2. The summed E-state index contributed by atoms with van der Waals surface area (Å²) in [7, 11) is -3.68. The van der Waals surface area contributed by atoms with Gasteiger partial charge < -0.3 is 5.32 Å².